The molecule has 0 aliphatic carbocycles. The van der Waals surface area contributed by atoms with Crippen LogP contribution < -0.4 is 10.6 Å². The first-order chi connectivity index (χ1) is 8.75. The van der Waals surface area contributed by atoms with Crippen molar-refractivity contribution in [3.05, 3.63) is 21.8 Å². The Morgan fingerprint density at radius 2 is 2.28 bits per heavy atom. The summed E-state index contributed by atoms with van der Waals surface area (Å²) in [6, 6.07) is 1.82. The van der Waals surface area contributed by atoms with Gasteiger partial charge in [0.2, 0.25) is 0 Å². The Bertz CT molecular complexity index is 386. The largest absolute Gasteiger partial charge is 0.376 e. The number of ether oxygens (including phenoxy) is 1. The highest BCUT2D eigenvalue weighted by molar-refractivity contribution is 9.10. The van der Waals surface area contributed by atoms with Crippen LogP contribution in [0, 0.1) is 0 Å². The smallest absolute Gasteiger partial charge is 0.140 e. The van der Waals surface area contributed by atoms with Gasteiger partial charge in [-0.2, -0.15) is 0 Å². The molecule has 0 aromatic carbocycles. The van der Waals surface area contributed by atoms with Crippen molar-refractivity contribution in [1.29, 1.82) is 0 Å². The molecule has 2 N–H and O–H groups in total. The quantitative estimate of drug-likeness (QED) is 0.813. The Kier molecular flexibility index (Phi) is 5.69. The highest BCUT2D eigenvalue weighted by atomic mass is 79.9. The highest BCUT2D eigenvalue weighted by Crippen LogP contribution is 2.22. The van der Waals surface area contributed by atoms with E-state index in [4.69, 9.17) is 16.3 Å². The van der Waals surface area contributed by atoms with Gasteiger partial charge < -0.3 is 15.4 Å². The second-order valence-electron chi connectivity index (χ2n) is 4.23. The van der Waals surface area contributed by atoms with E-state index in [0.29, 0.717) is 17.7 Å². The molecule has 18 heavy (non-hydrogen) atoms. The molecule has 0 saturated carbocycles. The van der Waals surface area contributed by atoms with Crippen LogP contribution in [-0.2, 0) is 4.74 Å². The van der Waals surface area contributed by atoms with Crippen molar-refractivity contribution in [1.82, 2.24) is 10.3 Å². The van der Waals surface area contributed by atoms with Crippen LogP contribution in [0.25, 0.3) is 0 Å². The molecule has 0 amide bonds. The predicted molar refractivity (Wildman–Crippen MR) is 77.3 cm³/mol. The number of hydrogen-bond donors (Lipinski definition) is 2. The number of rotatable bonds is 5. The minimum absolute atomic E-state index is 0.398. The molecule has 1 aliphatic rings. The maximum Gasteiger partial charge on any atom is 0.140 e. The summed E-state index contributed by atoms with van der Waals surface area (Å²) in [4.78, 5) is 4.21. The molecule has 1 aromatic rings. The Hall–Kier alpha value is -0.360. The lowest BCUT2D eigenvalue weighted by Crippen LogP contribution is -2.33. The molecule has 0 bridgehead atoms. The first kappa shape index (κ1) is 14.1. The van der Waals surface area contributed by atoms with Crippen molar-refractivity contribution in [2.45, 2.75) is 18.9 Å². The lowest BCUT2D eigenvalue weighted by molar-refractivity contribution is 0.0394. The maximum absolute atomic E-state index is 5.83. The summed E-state index contributed by atoms with van der Waals surface area (Å²) in [7, 11) is 0. The van der Waals surface area contributed by atoms with Crippen LogP contribution in [0.5, 0.6) is 0 Å². The molecule has 1 saturated heterocycles. The molecule has 0 unspecified atom stereocenters. The Balaban J connectivity index is 1.68. The SMILES string of the molecule is Clc1cnc(NCCOC2CCNCC2)c(Br)c1. The third kappa shape index (κ3) is 4.39. The number of nitrogens with zero attached hydrogens (tertiary/aromatic N) is 1. The minimum Gasteiger partial charge on any atom is -0.376 e. The Morgan fingerprint density at radius 3 is 3.00 bits per heavy atom. The fraction of sp³-hybridized carbons (Fsp3) is 0.583. The topological polar surface area (TPSA) is 46.2 Å². The predicted octanol–water partition coefficient (Wildman–Crippen LogP) is 2.68. The van der Waals surface area contributed by atoms with Gasteiger partial charge in [0.15, 0.2) is 0 Å². The van der Waals surface area contributed by atoms with E-state index in [1.54, 1.807) is 6.20 Å². The Labute approximate surface area is 121 Å². The lowest BCUT2D eigenvalue weighted by Gasteiger charge is -2.23. The summed E-state index contributed by atoms with van der Waals surface area (Å²) < 4.78 is 6.67. The van der Waals surface area contributed by atoms with E-state index >= 15 is 0 Å². The van der Waals surface area contributed by atoms with Crippen LogP contribution in [0.3, 0.4) is 0 Å². The van der Waals surface area contributed by atoms with Crippen molar-refractivity contribution in [2.75, 3.05) is 31.6 Å². The van der Waals surface area contributed by atoms with Gasteiger partial charge in [0.1, 0.15) is 5.82 Å². The number of pyridine rings is 1. The van der Waals surface area contributed by atoms with E-state index in [0.717, 1.165) is 42.8 Å². The van der Waals surface area contributed by atoms with Gasteiger partial charge in [-0.25, -0.2) is 4.98 Å². The summed E-state index contributed by atoms with van der Waals surface area (Å²) >= 11 is 9.25. The standard InChI is InChI=1S/C12H17BrClN3O/c13-11-7-9(14)8-17-12(11)16-5-6-18-10-1-3-15-4-2-10/h7-8,10,15H,1-6H2,(H,16,17). The first-order valence-corrected chi connectivity index (χ1v) is 7.30. The van der Waals surface area contributed by atoms with Gasteiger partial charge in [0.25, 0.3) is 0 Å². The van der Waals surface area contributed by atoms with Crippen molar-refractivity contribution < 1.29 is 4.74 Å². The lowest BCUT2D eigenvalue weighted by atomic mass is 10.1. The second kappa shape index (κ2) is 7.28. The van der Waals surface area contributed by atoms with Gasteiger partial charge in [-0.1, -0.05) is 11.6 Å². The van der Waals surface area contributed by atoms with Gasteiger partial charge in [0, 0.05) is 12.7 Å². The molecule has 1 fully saturated rings. The monoisotopic (exact) mass is 333 g/mol. The molecular weight excluding hydrogens is 318 g/mol. The van der Waals surface area contributed by atoms with Crippen molar-refractivity contribution in [3.8, 4) is 0 Å². The zero-order valence-corrected chi connectivity index (χ0v) is 12.4. The molecule has 2 rings (SSSR count). The van der Waals surface area contributed by atoms with Crippen LogP contribution in [0.1, 0.15) is 12.8 Å². The second-order valence-corrected chi connectivity index (χ2v) is 5.52. The number of hydrogen-bond acceptors (Lipinski definition) is 4. The number of piperidine rings is 1. The normalized spacial score (nSPS) is 16.8. The fourth-order valence-electron chi connectivity index (χ4n) is 1.90. The third-order valence-electron chi connectivity index (χ3n) is 2.84. The minimum atomic E-state index is 0.398. The van der Waals surface area contributed by atoms with Gasteiger partial charge in [0.05, 0.1) is 22.2 Å². The Morgan fingerprint density at radius 1 is 1.50 bits per heavy atom. The molecule has 6 heteroatoms. The van der Waals surface area contributed by atoms with Crippen LogP contribution >= 0.6 is 27.5 Å². The maximum atomic E-state index is 5.83. The van der Waals surface area contributed by atoms with E-state index in [-0.39, 0.29) is 0 Å². The molecule has 1 aromatic heterocycles. The summed E-state index contributed by atoms with van der Waals surface area (Å²) in [6.07, 6.45) is 4.23. The van der Waals surface area contributed by atoms with E-state index in [1.807, 2.05) is 6.07 Å². The number of halogens is 2. The van der Waals surface area contributed by atoms with Gasteiger partial charge in [-0.05, 0) is 47.9 Å². The zero-order valence-electron chi connectivity index (χ0n) is 10.1. The van der Waals surface area contributed by atoms with E-state index < -0.39 is 0 Å². The summed E-state index contributed by atoms with van der Waals surface area (Å²) in [5.74, 6) is 0.799. The average Bonchev–Trinajstić information content (AvgIpc) is 2.38. The highest BCUT2D eigenvalue weighted by Gasteiger charge is 2.12. The third-order valence-corrected chi connectivity index (χ3v) is 3.65. The summed E-state index contributed by atoms with van der Waals surface area (Å²) in [5.41, 5.74) is 0. The van der Waals surface area contributed by atoms with Crippen LogP contribution in [0.4, 0.5) is 5.82 Å². The fourth-order valence-corrected chi connectivity index (χ4v) is 2.68. The number of nitrogens with one attached hydrogen (secondary N) is 2. The summed E-state index contributed by atoms with van der Waals surface area (Å²) in [6.45, 7) is 3.56. The van der Waals surface area contributed by atoms with E-state index in [9.17, 15) is 0 Å². The van der Waals surface area contributed by atoms with E-state index in [2.05, 4.69) is 31.5 Å². The number of aromatic nitrogens is 1. The van der Waals surface area contributed by atoms with Gasteiger partial charge in [-0.3, -0.25) is 0 Å². The summed E-state index contributed by atoms with van der Waals surface area (Å²) in [5, 5.41) is 7.17. The molecule has 2 heterocycles. The molecule has 100 valence electrons. The molecule has 1 aliphatic heterocycles. The molecule has 0 spiro atoms. The van der Waals surface area contributed by atoms with Crippen LogP contribution in [-0.4, -0.2) is 37.3 Å². The molecule has 0 radical (unpaired) electrons. The van der Waals surface area contributed by atoms with Crippen molar-refractivity contribution in [3.63, 3.8) is 0 Å². The van der Waals surface area contributed by atoms with E-state index in [1.165, 1.54) is 0 Å². The molecule has 4 nitrogen and oxygen atoms in total. The van der Waals surface area contributed by atoms with Crippen LogP contribution in [0.15, 0.2) is 16.7 Å². The first-order valence-electron chi connectivity index (χ1n) is 6.13. The molecule has 0 atom stereocenters. The van der Waals surface area contributed by atoms with Gasteiger partial charge in [-0.15, -0.1) is 0 Å². The average molecular weight is 335 g/mol. The van der Waals surface area contributed by atoms with Gasteiger partial charge >= 0.3 is 0 Å². The van der Waals surface area contributed by atoms with Crippen molar-refractivity contribution >= 4 is 33.3 Å². The zero-order chi connectivity index (χ0) is 12.8. The molecular formula is C12H17BrClN3O. The number of anilines is 1. The van der Waals surface area contributed by atoms with Crippen LogP contribution in [0.2, 0.25) is 5.02 Å². The van der Waals surface area contributed by atoms with Crippen molar-refractivity contribution in [2.24, 2.45) is 0 Å².